The van der Waals surface area contributed by atoms with Gasteiger partial charge in [0.15, 0.2) is 0 Å². The van der Waals surface area contributed by atoms with E-state index in [-0.39, 0.29) is 6.04 Å². The van der Waals surface area contributed by atoms with E-state index >= 15 is 0 Å². The number of carbonyl (C=O) groups is 1. The van der Waals surface area contributed by atoms with Crippen LogP contribution in [-0.4, -0.2) is 28.6 Å². The Bertz CT molecular complexity index is 411. The Morgan fingerprint density at radius 3 is 2.17 bits per heavy atom. The first-order valence-corrected chi connectivity index (χ1v) is 6.41. The summed E-state index contributed by atoms with van der Waals surface area (Å²) in [5.74, 6) is -0.804. The fourth-order valence-corrected chi connectivity index (χ4v) is 2.49. The van der Waals surface area contributed by atoms with Gasteiger partial charge in [-0.2, -0.15) is 0 Å². The van der Waals surface area contributed by atoms with E-state index in [1.54, 1.807) is 6.92 Å². The van der Waals surface area contributed by atoms with Crippen LogP contribution in [0.2, 0.25) is 0 Å². The lowest BCUT2D eigenvalue weighted by molar-refractivity contribution is -0.152. The van der Waals surface area contributed by atoms with E-state index < -0.39 is 11.5 Å². The Hall–Kier alpha value is -1.35. The number of likely N-dealkylation sites (N-methyl/N-ethyl adjacent to an activating group) is 1. The van der Waals surface area contributed by atoms with Crippen LogP contribution in [0.25, 0.3) is 0 Å². The van der Waals surface area contributed by atoms with E-state index in [0.717, 1.165) is 11.1 Å². The van der Waals surface area contributed by atoms with Gasteiger partial charge in [-0.1, -0.05) is 36.8 Å². The highest BCUT2D eigenvalue weighted by atomic mass is 16.4. The number of aryl methyl sites for hydroxylation is 1. The maximum absolute atomic E-state index is 11.8. The summed E-state index contributed by atoms with van der Waals surface area (Å²) in [4.78, 5) is 13.8. The highest BCUT2D eigenvalue weighted by Gasteiger charge is 2.41. The lowest BCUT2D eigenvalue weighted by Gasteiger charge is -2.40. The fourth-order valence-electron chi connectivity index (χ4n) is 2.49. The molecule has 0 aliphatic rings. The van der Waals surface area contributed by atoms with Gasteiger partial charge in [-0.25, -0.2) is 4.79 Å². The largest absolute Gasteiger partial charge is 0.480 e. The Morgan fingerprint density at radius 2 is 1.83 bits per heavy atom. The lowest BCUT2D eigenvalue weighted by atomic mass is 9.88. The number of nitrogens with zero attached hydrogens (tertiary/aromatic N) is 1. The number of hydrogen-bond donors (Lipinski definition) is 1. The monoisotopic (exact) mass is 249 g/mol. The minimum Gasteiger partial charge on any atom is -0.480 e. The van der Waals surface area contributed by atoms with Crippen LogP contribution in [-0.2, 0) is 10.3 Å². The molecule has 0 radical (unpaired) electrons. The molecule has 0 saturated heterocycles. The number of aliphatic carboxylic acids is 1. The maximum Gasteiger partial charge on any atom is 0.328 e. The van der Waals surface area contributed by atoms with Crippen LogP contribution in [0.4, 0.5) is 0 Å². The molecule has 1 atom stereocenters. The quantitative estimate of drug-likeness (QED) is 0.872. The highest BCUT2D eigenvalue weighted by molar-refractivity contribution is 5.80. The summed E-state index contributed by atoms with van der Waals surface area (Å²) in [6, 6.07) is 7.93. The van der Waals surface area contributed by atoms with Gasteiger partial charge in [0.25, 0.3) is 0 Å². The third-order valence-corrected chi connectivity index (χ3v) is 3.57. The van der Waals surface area contributed by atoms with E-state index in [0.29, 0.717) is 6.54 Å². The average molecular weight is 249 g/mol. The third-order valence-electron chi connectivity index (χ3n) is 3.57. The van der Waals surface area contributed by atoms with Gasteiger partial charge in [-0.15, -0.1) is 0 Å². The Kier molecular flexibility index (Phi) is 4.52. The molecule has 0 aromatic heterocycles. The SMILES string of the molecule is CCN(C(C)C)C(C)(C(=O)O)c1ccc(C)cc1. The van der Waals surface area contributed by atoms with Crippen LogP contribution in [0, 0.1) is 6.92 Å². The van der Waals surface area contributed by atoms with E-state index in [9.17, 15) is 9.90 Å². The molecule has 0 aliphatic carbocycles. The molecule has 0 bridgehead atoms. The second-order valence-electron chi connectivity index (χ2n) is 5.12. The summed E-state index contributed by atoms with van der Waals surface area (Å²) in [7, 11) is 0. The van der Waals surface area contributed by atoms with E-state index in [2.05, 4.69) is 0 Å². The maximum atomic E-state index is 11.8. The molecule has 0 fully saturated rings. The minimum atomic E-state index is -0.976. The highest BCUT2D eigenvalue weighted by Crippen LogP contribution is 2.30. The van der Waals surface area contributed by atoms with Crippen molar-refractivity contribution in [2.75, 3.05) is 6.54 Å². The summed E-state index contributed by atoms with van der Waals surface area (Å²) >= 11 is 0. The Morgan fingerprint density at radius 1 is 1.33 bits per heavy atom. The van der Waals surface area contributed by atoms with Crippen molar-refractivity contribution >= 4 is 5.97 Å². The number of rotatable bonds is 5. The van der Waals surface area contributed by atoms with Crippen molar-refractivity contribution in [1.29, 1.82) is 0 Å². The van der Waals surface area contributed by atoms with Gasteiger partial charge >= 0.3 is 5.97 Å². The van der Waals surface area contributed by atoms with Crippen LogP contribution in [0.5, 0.6) is 0 Å². The van der Waals surface area contributed by atoms with Gasteiger partial charge in [0.05, 0.1) is 0 Å². The summed E-state index contributed by atoms with van der Waals surface area (Å²) in [5.41, 5.74) is 0.992. The zero-order chi connectivity index (χ0) is 13.9. The lowest BCUT2D eigenvalue weighted by Crippen LogP contribution is -2.52. The van der Waals surface area contributed by atoms with Gasteiger partial charge < -0.3 is 5.11 Å². The molecule has 3 nitrogen and oxygen atoms in total. The van der Waals surface area contributed by atoms with Crippen LogP contribution in [0.3, 0.4) is 0 Å². The van der Waals surface area contributed by atoms with E-state index in [1.807, 2.05) is 56.9 Å². The van der Waals surface area contributed by atoms with Crippen molar-refractivity contribution in [2.45, 2.75) is 46.2 Å². The molecule has 0 heterocycles. The predicted molar refractivity (Wildman–Crippen MR) is 73.7 cm³/mol. The minimum absolute atomic E-state index is 0.178. The van der Waals surface area contributed by atoms with Gasteiger partial charge in [0.1, 0.15) is 5.54 Å². The van der Waals surface area contributed by atoms with Crippen LogP contribution < -0.4 is 0 Å². The zero-order valence-electron chi connectivity index (χ0n) is 11.9. The van der Waals surface area contributed by atoms with Crippen molar-refractivity contribution in [1.82, 2.24) is 4.90 Å². The van der Waals surface area contributed by atoms with Crippen molar-refractivity contribution in [3.63, 3.8) is 0 Å². The summed E-state index contributed by atoms with van der Waals surface area (Å²) < 4.78 is 0. The second-order valence-corrected chi connectivity index (χ2v) is 5.12. The van der Waals surface area contributed by atoms with Crippen LogP contribution in [0.1, 0.15) is 38.8 Å². The van der Waals surface area contributed by atoms with Crippen molar-refractivity contribution < 1.29 is 9.90 Å². The predicted octanol–water partition coefficient (Wildman–Crippen LogP) is 3.03. The number of hydrogen-bond acceptors (Lipinski definition) is 2. The molecule has 1 rings (SSSR count). The van der Waals surface area contributed by atoms with Gasteiger partial charge in [0, 0.05) is 6.04 Å². The first-order chi connectivity index (χ1) is 8.33. The van der Waals surface area contributed by atoms with Crippen molar-refractivity contribution in [3.8, 4) is 0 Å². The topological polar surface area (TPSA) is 40.5 Å². The van der Waals surface area contributed by atoms with Crippen LogP contribution in [0.15, 0.2) is 24.3 Å². The zero-order valence-corrected chi connectivity index (χ0v) is 11.9. The fraction of sp³-hybridized carbons (Fsp3) is 0.533. The Labute approximate surface area is 109 Å². The summed E-state index contributed by atoms with van der Waals surface area (Å²) in [5, 5.41) is 9.66. The molecular formula is C15H23NO2. The molecule has 1 aromatic carbocycles. The smallest absolute Gasteiger partial charge is 0.328 e. The van der Waals surface area contributed by atoms with Crippen molar-refractivity contribution in [2.24, 2.45) is 0 Å². The van der Waals surface area contributed by atoms with E-state index in [4.69, 9.17) is 0 Å². The summed E-state index contributed by atoms with van der Waals surface area (Å²) in [6.45, 7) is 10.5. The standard InChI is InChI=1S/C15H23NO2/c1-6-16(11(2)3)15(5,14(17)18)13-9-7-12(4)8-10-13/h7-11H,6H2,1-5H3,(H,17,18). The molecule has 0 aliphatic heterocycles. The second kappa shape index (κ2) is 5.53. The van der Waals surface area contributed by atoms with Gasteiger partial charge in [-0.05, 0) is 39.8 Å². The van der Waals surface area contributed by atoms with Crippen LogP contribution >= 0.6 is 0 Å². The molecule has 1 aromatic rings. The van der Waals surface area contributed by atoms with Gasteiger partial charge in [-0.3, -0.25) is 4.90 Å². The molecular weight excluding hydrogens is 226 g/mol. The Balaban J connectivity index is 3.30. The molecule has 0 saturated carbocycles. The first kappa shape index (κ1) is 14.7. The molecule has 100 valence electrons. The molecule has 0 amide bonds. The number of carboxylic acid groups (broad SMARTS) is 1. The average Bonchev–Trinajstić information content (AvgIpc) is 2.29. The molecule has 1 unspecified atom stereocenters. The van der Waals surface area contributed by atoms with E-state index in [1.165, 1.54) is 0 Å². The molecule has 3 heteroatoms. The summed E-state index contributed by atoms with van der Waals surface area (Å²) in [6.07, 6.45) is 0. The number of benzene rings is 1. The molecule has 0 spiro atoms. The third kappa shape index (κ3) is 2.56. The normalized spacial score (nSPS) is 14.8. The van der Waals surface area contributed by atoms with Crippen molar-refractivity contribution in [3.05, 3.63) is 35.4 Å². The number of carboxylic acids is 1. The first-order valence-electron chi connectivity index (χ1n) is 6.41. The molecule has 1 N–H and O–H groups in total. The molecule has 18 heavy (non-hydrogen) atoms. The van der Waals surface area contributed by atoms with Gasteiger partial charge in [0.2, 0.25) is 0 Å².